The molecule has 1 aliphatic carbocycles. The van der Waals surface area contributed by atoms with E-state index in [1.807, 2.05) is 66.1 Å². The smallest absolute Gasteiger partial charge is 0.252 e. The van der Waals surface area contributed by atoms with E-state index < -0.39 is 5.95 Å². The van der Waals surface area contributed by atoms with E-state index in [0.29, 0.717) is 12.0 Å². The molecule has 1 atom stereocenters. The van der Waals surface area contributed by atoms with Gasteiger partial charge in [-0.25, -0.2) is 4.98 Å². The van der Waals surface area contributed by atoms with Crippen LogP contribution in [0.25, 0.3) is 22.4 Å². The van der Waals surface area contributed by atoms with Crippen LogP contribution in [0.5, 0.6) is 0 Å². The minimum atomic E-state index is -0.511. The van der Waals surface area contributed by atoms with E-state index in [4.69, 9.17) is 0 Å². The van der Waals surface area contributed by atoms with Crippen LogP contribution in [0.4, 0.5) is 9.39 Å². The Morgan fingerprint density at radius 1 is 0.970 bits per heavy atom. The molecule has 5 rings (SSSR count). The number of nitrogens with zero attached hydrogens (tertiary/aromatic N) is 2. The van der Waals surface area contributed by atoms with E-state index >= 15 is 0 Å². The molecule has 0 spiro atoms. The molecule has 6 heteroatoms. The maximum atomic E-state index is 13.4. The summed E-state index contributed by atoms with van der Waals surface area (Å²) in [6.45, 7) is 0. The maximum Gasteiger partial charge on any atom is 0.252 e. The molecule has 3 aromatic heterocycles. The number of halogens is 1. The Hall–Kier alpha value is -3.90. The van der Waals surface area contributed by atoms with Crippen molar-refractivity contribution in [3.8, 4) is 22.4 Å². The lowest BCUT2D eigenvalue weighted by atomic mass is 9.94. The van der Waals surface area contributed by atoms with Crippen molar-refractivity contribution < 1.29 is 9.18 Å². The van der Waals surface area contributed by atoms with Crippen molar-refractivity contribution in [3.05, 3.63) is 114 Å². The van der Waals surface area contributed by atoms with Crippen molar-refractivity contribution >= 4 is 22.2 Å². The Bertz CT molecular complexity index is 1360. The number of aromatic nitrogens is 2. The molecule has 0 saturated carbocycles. The van der Waals surface area contributed by atoms with Crippen LogP contribution in [-0.4, -0.2) is 15.9 Å². The molecule has 4 nitrogen and oxygen atoms in total. The average Bonchev–Trinajstić information content (AvgIpc) is 3.50. The zero-order valence-corrected chi connectivity index (χ0v) is 18.4. The highest BCUT2D eigenvalue weighted by molar-refractivity contribution is 7.14. The van der Waals surface area contributed by atoms with Gasteiger partial charge in [0.05, 0.1) is 10.7 Å². The van der Waals surface area contributed by atoms with Gasteiger partial charge in [0, 0.05) is 34.8 Å². The molecule has 162 valence electrons. The lowest BCUT2D eigenvalue weighted by Gasteiger charge is -2.13. The number of allylic oxidation sites excluding steroid dienone is 3. The summed E-state index contributed by atoms with van der Waals surface area (Å²) in [7, 11) is 0. The van der Waals surface area contributed by atoms with Crippen LogP contribution in [0.2, 0.25) is 0 Å². The molecule has 3 heterocycles. The number of carbonyl (C=O) groups is 1. The third-order valence-electron chi connectivity index (χ3n) is 5.52. The third kappa shape index (κ3) is 4.81. The summed E-state index contributed by atoms with van der Waals surface area (Å²) < 4.78 is 13.4. The number of nitrogens with one attached hydrogen (secondary N) is 1. The molecule has 33 heavy (non-hydrogen) atoms. The SMILES string of the molecule is O=C(Nc1cc(-c2cccc(-c3ccccn3)c2)cs1)C1=CC=CC1Cc1ccnc(F)c1. The highest BCUT2D eigenvalue weighted by Gasteiger charge is 2.22. The van der Waals surface area contributed by atoms with Crippen LogP contribution in [0.1, 0.15) is 5.56 Å². The minimum Gasteiger partial charge on any atom is -0.314 e. The molecule has 0 bridgehead atoms. The van der Waals surface area contributed by atoms with Gasteiger partial charge in [0.2, 0.25) is 5.95 Å². The number of amides is 1. The van der Waals surface area contributed by atoms with Gasteiger partial charge in [-0.3, -0.25) is 9.78 Å². The van der Waals surface area contributed by atoms with Gasteiger partial charge < -0.3 is 5.32 Å². The van der Waals surface area contributed by atoms with Crippen LogP contribution in [-0.2, 0) is 11.2 Å². The summed E-state index contributed by atoms with van der Waals surface area (Å²) in [6.07, 6.45) is 9.44. The lowest BCUT2D eigenvalue weighted by molar-refractivity contribution is -0.113. The van der Waals surface area contributed by atoms with Gasteiger partial charge in [0.15, 0.2) is 0 Å². The van der Waals surface area contributed by atoms with Gasteiger partial charge in [-0.1, -0.05) is 42.5 Å². The molecule has 0 fully saturated rings. The number of hydrogen-bond donors (Lipinski definition) is 1. The first-order valence-corrected chi connectivity index (χ1v) is 11.4. The largest absolute Gasteiger partial charge is 0.314 e. The van der Waals surface area contributed by atoms with Gasteiger partial charge in [0.1, 0.15) is 0 Å². The molecule has 0 saturated heterocycles. The second kappa shape index (κ2) is 9.30. The molecule has 4 aromatic rings. The third-order valence-corrected chi connectivity index (χ3v) is 6.37. The number of hydrogen-bond acceptors (Lipinski definition) is 4. The van der Waals surface area contributed by atoms with E-state index in [0.717, 1.165) is 32.9 Å². The van der Waals surface area contributed by atoms with Crippen LogP contribution in [0.3, 0.4) is 0 Å². The van der Waals surface area contributed by atoms with E-state index in [1.54, 1.807) is 12.3 Å². The molecule has 1 aliphatic rings. The van der Waals surface area contributed by atoms with E-state index in [-0.39, 0.29) is 11.8 Å². The van der Waals surface area contributed by atoms with Gasteiger partial charge >= 0.3 is 0 Å². The predicted octanol–water partition coefficient (Wildman–Crippen LogP) is 6.30. The minimum absolute atomic E-state index is 0.0960. The summed E-state index contributed by atoms with van der Waals surface area (Å²) in [4.78, 5) is 21.0. The Morgan fingerprint density at radius 2 is 1.88 bits per heavy atom. The number of benzene rings is 1. The zero-order valence-electron chi connectivity index (χ0n) is 17.6. The summed E-state index contributed by atoms with van der Waals surface area (Å²) in [5.41, 5.74) is 5.54. The molecule has 1 aromatic carbocycles. The van der Waals surface area contributed by atoms with Crippen LogP contribution in [0, 0.1) is 11.9 Å². The van der Waals surface area contributed by atoms with Crippen molar-refractivity contribution in [2.75, 3.05) is 5.32 Å². The lowest BCUT2D eigenvalue weighted by Crippen LogP contribution is -2.19. The number of thiophene rings is 1. The second-order valence-corrected chi connectivity index (χ2v) is 8.67. The Labute approximate surface area is 195 Å². The van der Waals surface area contributed by atoms with Gasteiger partial charge in [-0.15, -0.1) is 11.3 Å². The number of rotatable bonds is 6. The molecule has 1 unspecified atom stereocenters. The fourth-order valence-electron chi connectivity index (χ4n) is 3.89. The maximum absolute atomic E-state index is 13.4. The number of carbonyl (C=O) groups excluding carboxylic acids is 1. The van der Waals surface area contributed by atoms with Crippen molar-refractivity contribution in [3.63, 3.8) is 0 Å². The highest BCUT2D eigenvalue weighted by Crippen LogP contribution is 2.32. The fourth-order valence-corrected chi connectivity index (χ4v) is 4.70. The van der Waals surface area contributed by atoms with Crippen LogP contribution < -0.4 is 5.32 Å². The monoisotopic (exact) mass is 453 g/mol. The summed E-state index contributed by atoms with van der Waals surface area (Å²) >= 11 is 1.49. The molecule has 0 aliphatic heterocycles. The standard InChI is InChI=1S/C27H20FN3OS/c28-25-14-18(10-12-30-25)13-20-6-4-8-23(20)27(32)31-26-16-22(17-33-26)19-5-3-7-21(15-19)24-9-1-2-11-29-24/h1-12,14-17,20H,13H2,(H,31,32). The van der Waals surface area contributed by atoms with E-state index in [9.17, 15) is 9.18 Å². The van der Waals surface area contributed by atoms with Crippen molar-refractivity contribution in [2.45, 2.75) is 6.42 Å². The summed E-state index contributed by atoms with van der Waals surface area (Å²) in [5.74, 6) is -0.751. The number of anilines is 1. The van der Waals surface area contributed by atoms with Gasteiger partial charge in [0.25, 0.3) is 5.91 Å². The fraction of sp³-hybridized carbons (Fsp3) is 0.0741. The Balaban J connectivity index is 1.29. The predicted molar refractivity (Wildman–Crippen MR) is 130 cm³/mol. The average molecular weight is 454 g/mol. The first kappa shape index (κ1) is 21.0. The first-order chi connectivity index (χ1) is 16.2. The van der Waals surface area contributed by atoms with Crippen molar-refractivity contribution in [1.29, 1.82) is 0 Å². The molecular weight excluding hydrogens is 433 g/mol. The van der Waals surface area contributed by atoms with Crippen LogP contribution >= 0.6 is 11.3 Å². The second-order valence-electron chi connectivity index (χ2n) is 7.75. The van der Waals surface area contributed by atoms with Gasteiger partial charge in [-0.05, 0) is 59.5 Å². The van der Waals surface area contributed by atoms with Crippen molar-refractivity contribution in [1.82, 2.24) is 9.97 Å². The van der Waals surface area contributed by atoms with Gasteiger partial charge in [-0.2, -0.15) is 4.39 Å². The Kier molecular flexibility index (Phi) is 5.91. The van der Waals surface area contributed by atoms with Crippen LogP contribution in [0.15, 0.2) is 102 Å². The topological polar surface area (TPSA) is 54.9 Å². The quantitative estimate of drug-likeness (QED) is 0.348. The molecule has 1 amide bonds. The van der Waals surface area contributed by atoms with E-state index in [1.165, 1.54) is 23.6 Å². The van der Waals surface area contributed by atoms with Crippen molar-refractivity contribution in [2.24, 2.45) is 5.92 Å². The first-order valence-electron chi connectivity index (χ1n) is 10.6. The summed E-state index contributed by atoms with van der Waals surface area (Å²) in [6, 6.07) is 19.2. The molecule has 0 radical (unpaired) electrons. The Morgan fingerprint density at radius 3 is 2.73 bits per heavy atom. The number of pyridine rings is 2. The van der Waals surface area contributed by atoms with E-state index in [2.05, 4.69) is 21.4 Å². The highest BCUT2D eigenvalue weighted by atomic mass is 32.1. The molecular formula is C27H20FN3OS. The summed E-state index contributed by atoms with van der Waals surface area (Å²) in [5, 5.41) is 5.83. The zero-order chi connectivity index (χ0) is 22.6. The molecule has 1 N–H and O–H groups in total. The normalized spacial score (nSPS) is 14.8.